The number of anilines is 1. The zero-order valence-corrected chi connectivity index (χ0v) is 8.27. The molecule has 1 aromatic rings. The molecule has 14 heavy (non-hydrogen) atoms. The van der Waals surface area contributed by atoms with Crippen LogP contribution < -0.4 is 16.4 Å². The van der Waals surface area contributed by atoms with Crippen molar-refractivity contribution in [2.75, 3.05) is 12.5 Å². The molecule has 0 radical (unpaired) electrons. The van der Waals surface area contributed by atoms with Crippen LogP contribution in [0.1, 0.15) is 0 Å². The number of benzene rings is 1. The lowest BCUT2D eigenvalue weighted by Gasteiger charge is -2.07. The summed E-state index contributed by atoms with van der Waals surface area (Å²) in [6, 6.07) is 4.30. The molecule has 0 aliphatic carbocycles. The van der Waals surface area contributed by atoms with Gasteiger partial charge in [0.2, 0.25) is 0 Å². The van der Waals surface area contributed by atoms with Crippen molar-refractivity contribution in [1.82, 2.24) is 11.0 Å². The van der Waals surface area contributed by atoms with Crippen molar-refractivity contribution in [3.63, 3.8) is 0 Å². The number of halogens is 2. The van der Waals surface area contributed by atoms with Gasteiger partial charge in [-0.1, -0.05) is 11.6 Å². The molecule has 0 amide bonds. The Balaban J connectivity index is 2.47. The van der Waals surface area contributed by atoms with Crippen LogP contribution in [0.4, 0.5) is 10.1 Å². The first-order valence-corrected chi connectivity index (χ1v) is 4.24. The average molecular weight is 217 g/mol. The van der Waals surface area contributed by atoms with Crippen LogP contribution in [0, 0.1) is 5.82 Å². The molecule has 76 valence electrons. The molecule has 0 bridgehead atoms. The molecule has 1 aromatic carbocycles. The second kappa shape index (κ2) is 5.41. The monoisotopic (exact) mass is 216 g/mol. The van der Waals surface area contributed by atoms with Gasteiger partial charge in [0.1, 0.15) is 5.82 Å². The Morgan fingerprint density at radius 2 is 2.29 bits per heavy atom. The van der Waals surface area contributed by atoms with Gasteiger partial charge in [-0.3, -0.25) is 10.4 Å². The molecule has 0 unspecified atom stereocenters. The summed E-state index contributed by atoms with van der Waals surface area (Å²) in [6.07, 6.45) is 1.46. The Morgan fingerprint density at radius 3 is 2.93 bits per heavy atom. The molecule has 6 heteroatoms. The van der Waals surface area contributed by atoms with Gasteiger partial charge in [0.25, 0.3) is 0 Å². The molecule has 0 aromatic heterocycles. The molecule has 0 heterocycles. The minimum atomic E-state index is -0.444. The van der Waals surface area contributed by atoms with Crippen molar-refractivity contribution in [3.8, 4) is 0 Å². The van der Waals surface area contributed by atoms with Crippen molar-refractivity contribution in [3.05, 3.63) is 29.0 Å². The molecule has 0 saturated carbocycles. The summed E-state index contributed by atoms with van der Waals surface area (Å²) >= 11 is 5.56. The zero-order valence-electron chi connectivity index (χ0n) is 7.51. The number of rotatable bonds is 4. The van der Waals surface area contributed by atoms with Crippen LogP contribution in [-0.4, -0.2) is 13.4 Å². The lowest BCUT2D eigenvalue weighted by molar-refractivity contribution is 0.628. The fourth-order valence-corrected chi connectivity index (χ4v) is 0.960. The van der Waals surface area contributed by atoms with Crippen molar-refractivity contribution >= 4 is 23.6 Å². The van der Waals surface area contributed by atoms with Crippen LogP contribution in [0.25, 0.3) is 0 Å². The van der Waals surface area contributed by atoms with Gasteiger partial charge in [0.15, 0.2) is 0 Å². The molecule has 0 atom stereocenters. The number of aliphatic imine (C=N–C) groups is 1. The van der Waals surface area contributed by atoms with Crippen LogP contribution in [0.3, 0.4) is 0 Å². The second-order valence-corrected chi connectivity index (χ2v) is 2.82. The third kappa shape index (κ3) is 3.20. The van der Waals surface area contributed by atoms with Crippen molar-refractivity contribution in [2.45, 2.75) is 0 Å². The Hall–Kier alpha value is -1.33. The van der Waals surface area contributed by atoms with E-state index in [0.717, 1.165) is 0 Å². The minimum absolute atomic E-state index is 0.0703. The van der Waals surface area contributed by atoms with Gasteiger partial charge in [-0.2, -0.15) is 0 Å². The number of hydrogen-bond acceptors (Lipinski definition) is 3. The number of nitrogens with zero attached hydrogens (tertiary/aromatic N) is 1. The van der Waals surface area contributed by atoms with Crippen LogP contribution in [0.2, 0.25) is 5.02 Å². The maximum absolute atomic E-state index is 12.7. The summed E-state index contributed by atoms with van der Waals surface area (Å²) in [7, 11) is 1.63. The highest BCUT2D eigenvalue weighted by molar-refractivity contribution is 6.31. The summed E-state index contributed by atoms with van der Waals surface area (Å²) in [5.41, 5.74) is 8.64. The zero-order chi connectivity index (χ0) is 10.4. The van der Waals surface area contributed by atoms with Crippen molar-refractivity contribution in [2.24, 2.45) is 4.99 Å². The van der Waals surface area contributed by atoms with Crippen LogP contribution in [0.15, 0.2) is 23.2 Å². The van der Waals surface area contributed by atoms with E-state index in [1.807, 2.05) is 0 Å². The maximum atomic E-state index is 12.7. The largest absolute Gasteiger partial charge is 0.304 e. The van der Waals surface area contributed by atoms with Gasteiger partial charge in [-0.05, 0) is 18.2 Å². The van der Waals surface area contributed by atoms with Crippen LogP contribution in [-0.2, 0) is 0 Å². The molecule has 3 N–H and O–H groups in total. The lowest BCUT2D eigenvalue weighted by atomic mass is 10.3. The van der Waals surface area contributed by atoms with Crippen molar-refractivity contribution in [1.29, 1.82) is 0 Å². The highest BCUT2D eigenvalue weighted by Crippen LogP contribution is 2.18. The first kappa shape index (κ1) is 10.7. The Bertz CT molecular complexity index is 329. The first-order valence-electron chi connectivity index (χ1n) is 3.86. The molecular formula is C8H10ClFN4. The van der Waals surface area contributed by atoms with E-state index in [2.05, 4.69) is 21.4 Å². The topological polar surface area (TPSA) is 48.5 Å². The predicted molar refractivity (Wildman–Crippen MR) is 55.7 cm³/mol. The van der Waals surface area contributed by atoms with Gasteiger partial charge in [0.05, 0.1) is 17.0 Å². The Kier molecular flexibility index (Phi) is 4.15. The molecule has 0 aliphatic rings. The summed E-state index contributed by atoms with van der Waals surface area (Å²) < 4.78 is 12.7. The third-order valence-corrected chi connectivity index (χ3v) is 1.68. The molecule has 4 nitrogen and oxygen atoms in total. The SMILES string of the molecule is CN=CNNNc1ccc(F)c(Cl)c1. The molecular weight excluding hydrogens is 207 g/mol. The summed E-state index contributed by atoms with van der Waals surface area (Å²) in [4.78, 5) is 3.67. The van der Waals surface area contributed by atoms with E-state index in [-0.39, 0.29) is 5.02 Å². The fraction of sp³-hybridized carbons (Fsp3) is 0.125. The fourth-order valence-electron chi connectivity index (χ4n) is 0.779. The molecule has 0 spiro atoms. The summed E-state index contributed by atoms with van der Waals surface area (Å²) in [5, 5.41) is 0.0703. The van der Waals surface area contributed by atoms with Crippen LogP contribution >= 0.6 is 11.6 Å². The highest BCUT2D eigenvalue weighted by atomic mass is 35.5. The molecule has 1 rings (SSSR count). The molecule has 0 saturated heterocycles. The van der Waals surface area contributed by atoms with Gasteiger partial charge in [-0.15, -0.1) is 5.53 Å². The van der Waals surface area contributed by atoms with Gasteiger partial charge < -0.3 is 5.43 Å². The van der Waals surface area contributed by atoms with E-state index in [0.29, 0.717) is 5.69 Å². The summed E-state index contributed by atoms with van der Waals surface area (Å²) in [5.74, 6) is -0.444. The number of hydrogen-bond donors (Lipinski definition) is 3. The van der Waals surface area contributed by atoms with E-state index < -0.39 is 5.82 Å². The molecule has 0 aliphatic heterocycles. The normalized spacial score (nSPS) is 10.5. The van der Waals surface area contributed by atoms with E-state index in [9.17, 15) is 4.39 Å². The smallest absolute Gasteiger partial charge is 0.141 e. The predicted octanol–water partition coefficient (Wildman–Crippen LogP) is 1.56. The number of nitrogens with one attached hydrogen (secondary N) is 3. The minimum Gasteiger partial charge on any atom is -0.304 e. The highest BCUT2D eigenvalue weighted by Gasteiger charge is 1.99. The molecule has 0 fully saturated rings. The lowest BCUT2D eigenvalue weighted by Crippen LogP contribution is -2.35. The van der Waals surface area contributed by atoms with E-state index in [1.54, 1.807) is 13.1 Å². The second-order valence-electron chi connectivity index (χ2n) is 2.41. The van der Waals surface area contributed by atoms with E-state index >= 15 is 0 Å². The quantitative estimate of drug-likeness (QED) is 0.310. The standard InChI is InChI=1S/C8H10ClFN4/c1-11-5-12-14-13-6-2-3-8(10)7(9)4-6/h2-5,13-14H,1H3,(H,11,12). The number of hydrazine groups is 2. The average Bonchev–Trinajstić information content (AvgIpc) is 2.18. The third-order valence-electron chi connectivity index (χ3n) is 1.39. The van der Waals surface area contributed by atoms with Gasteiger partial charge in [0, 0.05) is 7.05 Å². The maximum Gasteiger partial charge on any atom is 0.141 e. The van der Waals surface area contributed by atoms with Gasteiger partial charge >= 0.3 is 0 Å². The first-order chi connectivity index (χ1) is 6.74. The Morgan fingerprint density at radius 1 is 1.50 bits per heavy atom. The van der Waals surface area contributed by atoms with Gasteiger partial charge in [-0.25, -0.2) is 4.39 Å². The van der Waals surface area contributed by atoms with Crippen molar-refractivity contribution < 1.29 is 4.39 Å². The summed E-state index contributed by atoms with van der Waals surface area (Å²) in [6.45, 7) is 0. The van der Waals surface area contributed by atoms with E-state index in [1.165, 1.54) is 18.5 Å². The Labute approximate surface area is 86.1 Å². The van der Waals surface area contributed by atoms with Crippen LogP contribution in [0.5, 0.6) is 0 Å². The van der Waals surface area contributed by atoms with E-state index in [4.69, 9.17) is 11.6 Å².